The molecule has 0 atom stereocenters. The summed E-state index contributed by atoms with van der Waals surface area (Å²) in [6, 6.07) is 11.2. The number of aromatic nitrogens is 4. The molecule has 1 aliphatic heterocycles. The SMILES string of the molecule is O=S(=O)(Nc1cccc(-c2nn[nH]n2)c1)c1ccc2c(c1)OCCO2. The van der Waals surface area contributed by atoms with Crippen molar-refractivity contribution >= 4 is 15.7 Å². The lowest BCUT2D eigenvalue weighted by Gasteiger charge is -2.19. The number of aromatic amines is 1. The lowest BCUT2D eigenvalue weighted by atomic mass is 10.2. The standard InChI is InChI=1S/C15H13N5O4S/c21-25(22,12-4-5-13-14(9-12)24-7-6-23-13)18-11-3-1-2-10(8-11)15-16-19-20-17-15/h1-5,8-9,18H,6-7H2,(H,16,17,19,20). The van der Waals surface area contributed by atoms with Crippen molar-refractivity contribution in [3.05, 3.63) is 42.5 Å². The van der Waals surface area contributed by atoms with Crippen LogP contribution < -0.4 is 14.2 Å². The Hall–Kier alpha value is -3.14. The van der Waals surface area contributed by atoms with Crippen molar-refractivity contribution in [2.75, 3.05) is 17.9 Å². The Morgan fingerprint density at radius 2 is 1.88 bits per heavy atom. The molecule has 3 aromatic rings. The summed E-state index contributed by atoms with van der Waals surface area (Å²) in [5.41, 5.74) is 1.02. The van der Waals surface area contributed by atoms with Crippen LogP contribution in [0.2, 0.25) is 0 Å². The fourth-order valence-electron chi connectivity index (χ4n) is 2.41. The number of fused-ring (bicyclic) bond motifs is 1. The number of hydrogen-bond donors (Lipinski definition) is 2. The Morgan fingerprint density at radius 1 is 1.04 bits per heavy atom. The highest BCUT2D eigenvalue weighted by atomic mass is 32.2. The fourth-order valence-corrected chi connectivity index (χ4v) is 3.48. The number of H-pyrrole nitrogens is 1. The molecule has 0 spiro atoms. The van der Waals surface area contributed by atoms with Crippen LogP contribution in [0.1, 0.15) is 0 Å². The first-order chi connectivity index (χ1) is 12.1. The highest BCUT2D eigenvalue weighted by molar-refractivity contribution is 7.92. The third kappa shape index (κ3) is 3.11. The van der Waals surface area contributed by atoms with Gasteiger partial charge in [0, 0.05) is 17.3 Å². The first kappa shape index (κ1) is 15.4. The molecular formula is C15H13N5O4S. The quantitative estimate of drug-likeness (QED) is 0.723. The molecule has 0 amide bonds. The highest BCUT2D eigenvalue weighted by Crippen LogP contribution is 2.33. The molecule has 9 nitrogen and oxygen atoms in total. The van der Waals surface area contributed by atoms with Gasteiger partial charge in [-0.05, 0) is 29.5 Å². The average molecular weight is 359 g/mol. The van der Waals surface area contributed by atoms with E-state index in [1.54, 1.807) is 30.3 Å². The number of ether oxygens (including phenoxy) is 2. The van der Waals surface area contributed by atoms with E-state index in [0.717, 1.165) is 0 Å². The topological polar surface area (TPSA) is 119 Å². The van der Waals surface area contributed by atoms with Crippen LogP contribution in [0.15, 0.2) is 47.4 Å². The summed E-state index contributed by atoms with van der Waals surface area (Å²) < 4.78 is 38.6. The molecule has 10 heteroatoms. The number of rotatable bonds is 4. The van der Waals surface area contributed by atoms with Gasteiger partial charge < -0.3 is 9.47 Å². The molecule has 128 valence electrons. The molecule has 1 aliphatic rings. The van der Waals surface area contributed by atoms with Crippen LogP contribution in [-0.2, 0) is 10.0 Å². The van der Waals surface area contributed by atoms with Gasteiger partial charge >= 0.3 is 0 Å². The van der Waals surface area contributed by atoms with Gasteiger partial charge in [-0.2, -0.15) is 5.21 Å². The molecule has 1 aromatic heterocycles. The zero-order chi connectivity index (χ0) is 17.3. The molecule has 0 aliphatic carbocycles. The van der Waals surface area contributed by atoms with Crippen molar-refractivity contribution in [1.82, 2.24) is 20.6 Å². The second-order valence-corrected chi connectivity index (χ2v) is 6.91. The number of benzene rings is 2. The van der Waals surface area contributed by atoms with Gasteiger partial charge in [-0.3, -0.25) is 4.72 Å². The number of sulfonamides is 1. The van der Waals surface area contributed by atoms with Gasteiger partial charge in [0.05, 0.1) is 4.90 Å². The third-order valence-electron chi connectivity index (χ3n) is 3.54. The number of anilines is 1. The minimum absolute atomic E-state index is 0.0849. The Balaban J connectivity index is 1.62. The zero-order valence-corrected chi connectivity index (χ0v) is 13.7. The van der Waals surface area contributed by atoms with Crippen molar-refractivity contribution in [2.24, 2.45) is 0 Å². The van der Waals surface area contributed by atoms with Gasteiger partial charge in [-0.1, -0.05) is 12.1 Å². The van der Waals surface area contributed by atoms with Crippen LogP contribution >= 0.6 is 0 Å². The van der Waals surface area contributed by atoms with Crippen LogP contribution in [0.3, 0.4) is 0 Å². The molecule has 0 radical (unpaired) electrons. The highest BCUT2D eigenvalue weighted by Gasteiger charge is 2.19. The Morgan fingerprint density at radius 3 is 2.68 bits per heavy atom. The fraction of sp³-hybridized carbons (Fsp3) is 0.133. The molecule has 2 heterocycles. The summed E-state index contributed by atoms with van der Waals surface area (Å²) in [7, 11) is -3.78. The molecule has 25 heavy (non-hydrogen) atoms. The van der Waals surface area contributed by atoms with Crippen LogP contribution in [0, 0.1) is 0 Å². The first-order valence-electron chi connectivity index (χ1n) is 7.38. The number of nitrogens with one attached hydrogen (secondary N) is 2. The molecule has 0 saturated heterocycles. The predicted octanol–water partition coefficient (Wildman–Crippen LogP) is 1.44. The van der Waals surface area contributed by atoms with Gasteiger partial charge in [0.25, 0.3) is 10.0 Å². The number of nitrogens with zero attached hydrogens (tertiary/aromatic N) is 3. The smallest absolute Gasteiger partial charge is 0.262 e. The summed E-state index contributed by atoms with van der Waals surface area (Å²) in [6.45, 7) is 0.830. The van der Waals surface area contributed by atoms with Crippen LogP contribution in [0.25, 0.3) is 11.4 Å². The normalized spacial score (nSPS) is 13.4. The lowest BCUT2D eigenvalue weighted by Crippen LogP contribution is -2.17. The zero-order valence-electron chi connectivity index (χ0n) is 12.8. The average Bonchev–Trinajstić information content (AvgIpc) is 3.16. The Bertz CT molecular complexity index is 1000. The second-order valence-electron chi connectivity index (χ2n) is 5.23. The summed E-state index contributed by atoms with van der Waals surface area (Å²) in [6.07, 6.45) is 0. The first-order valence-corrected chi connectivity index (χ1v) is 8.86. The molecular weight excluding hydrogens is 346 g/mol. The van der Waals surface area contributed by atoms with E-state index in [4.69, 9.17) is 9.47 Å². The summed E-state index contributed by atoms with van der Waals surface area (Å²) in [5.74, 6) is 1.32. The molecule has 2 N–H and O–H groups in total. The second kappa shape index (κ2) is 6.06. The van der Waals surface area contributed by atoms with Gasteiger partial charge in [0.2, 0.25) is 5.82 Å². The maximum atomic E-state index is 12.6. The third-order valence-corrected chi connectivity index (χ3v) is 4.92. The van der Waals surface area contributed by atoms with Crippen molar-refractivity contribution in [2.45, 2.75) is 4.90 Å². The molecule has 0 unspecified atom stereocenters. The van der Waals surface area contributed by atoms with E-state index in [1.807, 2.05) is 0 Å². The monoisotopic (exact) mass is 359 g/mol. The van der Waals surface area contributed by atoms with E-state index in [1.165, 1.54) is 12.1 Å². The van der Waals surface area contributed by atoms with Gasteiger partial charge in [0.1, 0.15) is 13.2 Å². The van der Waals surface area contributed by atoms with Gasteiger partial charge in [0.15, 0.2) is 11.5 Å². The molecule has 0 fully saturated rings. The van der Waals surface area contributed by atoms with Crippen molar-refractivity contribution in [3.8, 4) is 22.9 Å². The Kier molecular flexibility index (Phi) is 3.73. The summed E-state index contributed by atoms with van der Waals surface area (Å²) in [5, 5.41) is 13.6. The molecule has 2 aromatic carbocycles. The largest absolute Gasteiger partial charge is 0.486 e. The van der Waals surface area contributed by atoms with E-state index in [0.29, 0.717) is 41.8 Å². The minimum atomic E-state index is -3.78. The van der Waals surface area contributed by atoms with Crippen LogP contribution in [0.4, 0.5) is 5.69 Å². The van der Waals surface area contributed by atoms with E-state index < -0.39 is 10.0 Å². The molecule has 0 saturated carbocycles. The minimum Gasteiger partial charge on any atom is -0.486 e. The van der Waals surface area contributed by atoms with E-state index in [9.17, 15) is 8.42 Å². The summed E-state index contributed by atoms with van der Waals surface area (Å²) >= 11 is 0. The predicted molar refractivity (Wildman–Crippen MR) is 87.9 cm³/mol. The summed E-state index contributed by atoms with van der Waals surface area (Å²) in [4.78, 5) is 0.0849. The van der Waals surface area contributed by atoms with Gasteiger partial charge in [-0.25, -0.2) is 8.42 Å². The maximum Gasteiger partial charge on any atom is 0.262 e. The van der Waals surface area contributed by atoms with Crippen molar-refractivity contribution < 1.29 is 17.9 Å². The van der Waals surface area contributed by atoms with E-state index in [-0.39, 0.29) is 4.90 Å². The van der Waals surface area contributed by atoms with E-state index in [2.05, 4.69) is 25.3 Å². The van der Waals surface area contributed by atoms with Crippen LogP contribution in [-0.4, -0.2) is 42.3 Å². The molecule has 4 rings (SSSR count). The lowest BCUT2D eigenvalue weighted by molar-refractivity contribution is 0.171. The molecule has 0 bridgehead atoms. The van der Waals surface area contributed by atoms with E-state index >= 15 is 0 Å². The van der Waals surface area contributed by atoms with Crippen LogP contribution in [0.5, 0.6) is 11.5 Å². The number of hydrogen-bond acceptors (Lipinski definition) is 7. The van der Waals surface area contributed by atoms with Crippen molar-refractivity contribution in [3.63, 3.8) is 0 Å². The van der Waals surface area contributed by atoms with Crippen molar-refractivity contribution in [1.29, 1.82) is 0 Å². The number of tetrazole rings is 1. The maximum absolute atomic E-state index is 12.6. The Labute approximate surface area is 143 Å². The van der Waals surface area contributed by atoms with Gasteiger partial charge in [-0.15, -0.1) is 10.2 Å².